The molecule has 0 bridgehead atoms. The summed E-state index contributed by atoms with van der Waals surface area (Å²) in [7, 11) is -3.81. The third kappa shape index (κ3) is 3.87. The molecular weight excluding hydrogens is 456 g/mol. The van der Waals surface area contributed by atoms with E-state index < -0.39 is 10.0 Å². The Kier molecular flexibility index (Phi) is 5.30. The van der Waals surface area contributed by atoms with Crippen molar-refractivity contribution < 1.29 is 8.42 Å². The number of hydrogen-bond donors (Lipinski definition) is 0. The van der Waals surface area contributed by atoms with Gasteiger partial charge in [0, 0.05) is 15.5 Å². The maximum absolute atomic E-state index is 12.8. The zero-order valence-corrected chi connectivity index (χ0v) is 17.8. The molecule has 4 aromatic rings. The van der Waals surface area contributed by atoms with E-state index in [1.54, 1.807) is 30.3 Å². The summed E-state index contributed by atoms with van der Waals surface area (Å²) in [5.74, 6) is 0. The van der Waals surface area contributed by atoms with Gasteiger partial charge in [-0.05, 0) is 42.0 Å². The van der Waals surface area contributed by atoms with E-state index >= 15 is 0 Å². The van der Waals surface area contributed by atoms with Gasteiger partial charge >= 0.3 is 0 Å². The minimum atomic E-state index is -3.81. The van der Waals surface area contributed by atoms with Crippen LogP contribution < -0.4 is 4.80 Å². The fourth-order valence-electron chi connectivity index (χ4n) is 2.77. The van der Waals surface area contributed by atoms with Gasteiger partial charge in [-0.3, -0.25) is 4.57 Å². The average molecular weight is 471 g/mol. The molecule has 0 aliphatic rings. The van der Waals surface area contributed by atoms with Crippen molar-refractivity contribution in [3.8, 4) is 16.9 Å². The molecule has 4 rings (SSSR count). The largest absolute Gasteiger partial charge is 0.285 e. The van der Waals surface area contributed by atoms with Crippen LogP contribution in [0.5, 0.6) is 0 Å². The molecule has 3 aromatic carbocycles. The summed E-state index contributed by atoms with van der Waals surface area (Å²) in [6, 6.07) is 25.8. The summed E-state index contributed by atoms with van der Waals surface area (Å²) in [5.41, 5.74) is 2.70. The maximum Gasteiger partial charge on any atom is 0.285 e. The first-order valence-corrected chi connectivity index (χ1v) is 11.5. The van der Waals surface area contributed by atoms with E-state index in [2.05, 4.69) is 20.3 Å². The van der Waals surface area contributed by atoms with Gasteiger partial charge in [0.1, 0.15) is 0 Å². The SMILES string of the molecule is O=S(=O)(/N=c1\scc(-c2ccc(Br)cc2)n1-c1ccccc1)c1ccccc1. The highest BCUT2D eigenvalue weighted by Gasteiger charge is 2.15. The molecular formula is C21H15BrN2O2S2. The van der Waals surface area contributed by atoms with Crippen LogP contribution in [0.2, 0.25) is 0 Å². The van der Waals surface area contributed by atoms with Crippen LogP contribution in [0.15, 0.2) is 104 Å². The summed E-state index contributed by atoms with van der Waals surface area (Å²) >= 11 is 4.75. The molecule has 0 saturated carbocycles. The highest BCUT2D eigenvalue weighted by atomic mass is 79.9. The average Bonchev–Trinajstić information content (AvgIpc) is 3.12. The van der Waals surface area contributed by atoms with Crippen LogP contribution in [0.4, 0.5) is 0 Å². The molecule has 28 heavy (non-hydrogen) atoms. The first kappa shape index (κ1) is 18.9. The van der Waals surface area contributed by atoms with Gasteiger partial charge in [-0.1, -0.05) is 64.5 Å². The molecule has 0 N–H and O–H groups in total. The van der Waals surface area contributed by atoms with Crippen LogP contribution >= 0.6 is 27.3 Å². The molecule has 0 aliphatic carbocycles. The second-order valence-electron chi connectivity index (χ2n) is 5.96. The van der Waals surface area contributed by atoms with Gasteiger partial charge in [-0.15, -0.1) is 15.7 Å². The monoisotopic (exact) mass is 470 g/mol. The summed E-state index contributed by atoms with van der Waals surface area (Å²) in [6.45, 7) is 0. The first-order valence-electron chi connectivity index (χ1n) is 8.42. The number of nitrogens with zero attached hydrogens (tertiary/aromatic N) is 2. The predicted octanol–water partition coefficient (Wildman–Crippen LogP) is 5.26. The second kappa shape index (κ2) is 7.87. The summed E-state index contributed by atoms with van der Waals surface area (Å²) in [4.78, 5) is 0.571. The number of halogens is 1. The van der Waals surface area contributed by atoms with E-state index in [1.807, 2.05) is 64.5 Å². The van der Waals surface area contributed by atoms with Gasteiger partial charge in [0.25, 0.3) is 10.0 Å². The summed E-state index contributed by atoms with van der Waals surface area (Å²) in [6.07, 6.45) is 0. The molecule has 0 fully saturated rings. The fraction of sp³-hybridized carbons (Fsp3) is 0. The molecule has 0 saturated heterocycles. The van der Waals surface area contributed by atoms with Gasteiger partial charge in [-0.25, -0.2) is 0 Å². The Balaban J connectivity index is 1.95. The van der Waals surface area contributed by atoms with Crippen molar-refractivity contribution in [1.82, 2.24) is 4.57 Å². The maximum atomic E-state index is 12.8. The smallest absolute Gasteiger partial charge is 0.284 e. The summed E-state index contributed by atoms with van der Waals surface area (Å²) < 4.78 is 32.6. The molecule has 0 radical (unpaired) electrons. The third-order valence-corrected chi connectivity index (χ3v) is 6.85. The number of rotatable bonds is 4. The lowest BCUT2D eigenvalue weighted by molar-refractivity contribution is 0.596. The molecule has 140 valence electrons. The van der Waals surface area contributed by atoms with Gasteiger partial charge in [0.15, 0.2) is 0 Å². The van der Waals surface area contributed by atoms with Crippen molar-refractivity contribution in [3.63, 3.8) is 0 Å². The van der Waals surface area contributed by atoms with Gasteiger partial charge in [0.2, 0.25) is 4.80 Å². The van der Waals surface area contributed by atoms with Crippen molar-refractivity contribution in [2.45, 2.75) is 4.90 Å². The molecule has 1 heterocycles. The Morgan fingerprint density at radius 1 is 0.821 bits per heavy atom. The minimum absolute atomic E-state index is 0.174. The lowest BCUT2D eigenvalue weighted by Gasteiger charge is -2.09. The van der Waals surface area contributed by atoms with Crippen molar-refractivity contribution in [2.24, 2.45) is 4.40 Å². The van der Waals surface area contributed by atoms with E-state index in [0.717, 1.165) is 21.4 Å². The van der Waals surface area contributed by atoms with Gasteiger partial charge < -0.3 is 0 Å². The number of thiazole rings is 1. The van der Waals surface area contributed by atoms with Crippen molar-refractivity contribution in [2.75, 3.05) is 0 Å². The topological polar surface area (TPSA) is 51.4 Å². The van der Waals surface area contributed by atoms with Crippen LogP contribution in [0.25, 0.3) is 16.9 Å². The Bertz CT molecular complexity index is 1260. The fourth-order valence-corrected chi connectivity index (χ4v) is 5.16. The number of para-hydroxylation sites is 1. The molecule has 7 heteroatoms. The van der Waals surface area contributed by atoms with Crippen molar-refractivity contribution in [1.29, 1.82) is 0 Å². The molecule has 0 spiro atoms. The molecule has 1 aromatic heterocycles. The quantitative estimate of drug-likeness (QED) is 0.408. The van der Waals surface area contributed by atoms with Crippen LogP contribution in [-0.4, -0.2) is 13.0 Å². The predicted molar refractivity (Wildman–Crippen MR) is 116 cm³/mol. The lowest BCUT2D eigenvalue weighted by atomic mass is 10.1. The van der Waals surface area contributed by atoms with Crippen LogP contribution in [-0.2, 0) is 10.0 Å². The third-order valence-electron chi connectivity index (χ3n) is 4.10. The van der Waals surface area contributed by atoms with E-state index in [-0.39, 0.29) is 4.90 Å². The highest BCUT2D eigenvalue weighted by molar-refractivity contribution is 9.10. The van der Waals surface area contributed by atoms with E-state index in [1.165, 1.54) is 11.3 Å². The molecule has 4 nitrogen and oxygen atoms in total. The van der Waals surface area contributed by atoms with Crippen LogP contribution in [0, 0.1) is 0 Å². The summed E-state index contributed by atoms with van der Waals surface area (Å²) in [5, 5.41) is 1.93. The number of hydrogen-bond acceptors (Lipinski definition) is 3. The lowest BCUT2D eigenvalue weighted by Crippen LogP contribution is -2.16. The Labute approximate surface area is 175 Å². The number of benzene rings is 3. The van der Waals surface area contributed by atoms with Crippen molar-refractivity contribution in [3.05, 3.63) is 99.6 Å². The molecule has 0 aliphatic heterocycles. The molecule has 0 amide bonds. The zero-order chi connectivity index (χ0) is 19.6. The minimum Gasteiger partial charge on any atom is -0.284 e. The second-order valence-corrected chi connectivity index (χ2v) is 9.32. The zero-order valence-electron chi connectivity index (χ0n) is 14.6. The highest BCUT2D eigenvalue weighted by Crippen LogP contribution is 2.25. The van der Waals surface area contributed by atoms with E-state index in [9.17, 15) is 8.42 Å². The molecule has 0 atom stereocenters. The van der Waals surface area contributed by atoms with Crippen molar-refractivity contribution >= 4 is 37.3 Å². The van der Waals surface area contributed by atoms with Crippen LogP contribution in [0.3, 0.4) is 0 Å². The van der Waals surface area contributed by atoms with Gasteiger partial charge in [-0.2, -0.15) is 8.42 Å². The first-order chi connectivity index (χ1) is 13.5. The Morgan fingerprint density at radius 3 is 2.07 bits per heavy atom. The van der Waals surface area contributed by atoms with Gasteiger partial charge in [0.05, 0.1) is 10.6 Å². The van der Waals surface area contributed by atoms with Crippen LogP contribution in [0.1, 0.15) is 0 Å². The Hall–Kier alpha value is -2.48. The Morgan fingerprint density at radius 2 is 1.43 bits per heavy atom. The normalized spacial score (nSPS) is 12.2. The standard InChI is InChI=1S/C21H15BrN2O2S2/c22-17-13-11-16(12-14-17)20-15-27-21(24(20)18-7-3-1-4-8-18)23-28(25,26)19-9-5-2-6-10-19/h1-15H/b23-21-. The molecule has 0 unspecified atom stereocenters. The number of aromatic nitrogens is 1. The van der Waals surface area contributed by atoms with E-state index in [4.69, 9.17) is 0 Å². The number of sulfonamides is 1. The van der Waals surface area contributed by atoms with E-state index in [0.29, 0.717) is 4.80 Å².